The first-order valence-electron chi connectivity index (χ1n) is 4.12. The van der Waals surface area contributed by atoms with Crippen LogP contribution in [0, 0.1) is 5.92 Å². The largest absolute Gasteiger partial charge is 0.516 e. The summed E-state index contributed by atoms with van der Waals surface area (Å²) < 4.78 is 0. The third-order valence-corrected chi connectivity index (χ3v) is 1.68. The molecule has 0 aliphatic carbocycles. The number of rotatable bonds is 5. The molecule has 0 aliphatic rings. The van der Waals surface area contributed by atoms with Crippen LogP contribution in [0.5, 0.6) is 0 Å². The fraction of sp³-hybridized carbons (Fsp3) is 0.600. The molecule has 0 rings (SSSR count). The maximum atomic E-state index is 8.45. The van der Waals surface area contributed by atoms with Crippen molar-refractivity contribution in [2.45, 2.75) is 33.1 Å². The Morgan fingerprint density at radius 3 is 2.73 bits per heavy atom. The molecule has 0 fully saturated rings. The monoisotopic (exact) mass is 154 g/mol. The van der Waals surface area contributed by atoms with Crippen LogP contribution < -0.4 is 0 Å². The van der Waals surface area contributed by atoms with Gasteiger partial charge >= 0.3 is 0 Å². The molecule has 0 heterocycles. The van der Waals surface area contributed by atoms with E-state index in [9.17, 15) is 0 Å². The second-order valence-corrected chi connectivity index (χ2v) is 3.17. The maximum Gasteiger partial charge on any atom is 0.0754 e. The van der Waals surface area contributed by atoms with Gasteiger partial charge in [-0.1, -0.05) is 12.5 Å². The summed E-state index contributed by atoms with van der Waals surface area (Å²) in [4.78, 5) is 0. The Balaban J connectivity index is 3.31. The molecule has 0 spiro atoms. The summed E-state index contributed by atoms with van der Waals surface area (Å²) in [6.07, 6.45) is 6.35. The van der Waals surface area contributed by atoms with E-state index in [1.54, 1.807) is 0 Å². The van der Waals surface area contributed by atoms with E-state index < -0.39 is 0 Å². The molecule has 1 nitrogen and oxygen atoms in total. The van der Waals surface area contributed by atoms with Gasteiger partial charge in [0.15, 0.2) is 0 Å². The average molecular weight is 154 g/mol. The van der Waals surface area contributed by atoms with Crippen molar-refractivity contribution < 1.29 is 5.11 Å². The molecule has 0 radical (unpaired) electrons. The summed E-state index contributed by atoms with van der Waals surface area (Å²) in [5.41, 5.74) is 1.24. The van der Waals surface area contributed by atoms with Crippen LogP contribution >= 0.6 is 0 Å². The summed E-state index contributed by atoms with van der Waals surface area (Å²) >= 11 is 0. The van der Waals surface area contributed by atoms with Gasteiger partial charge in [-0.15, -0.1) is 6.58 Å². The second kappa shape index (κ2) is 6.02. The molecule has 0 aromatic carbocycles. The lowest BCUT2D eigenvalue weighted by atomic mass is 10.0. The Morgan fingerprint density at radius 1 is 1.64 bits per heavy atom. The molecule has 0 bridgehead atoms. The highest BCUT2D eigenvalue weighted by molar-refractivity contribution is 4.88. The molecule has 0 saturated heterocycles. The molecule has 1 atom stereocenters. The zero-order valence-electron chi connectivity index (χ0n) is 7.51. The van der Waals surface area contributed by atoms with Crippen molar-refractivity contribution in [3.63, 3.8) is 0 Å². The molecule has 0 amide bonds. The molecule has 1 heteroatoms. The van der Waals surface area contributed by atoms with Gasteiger partial charge < -0.3 is 5.11 Å². The van der Waals surface area contributed by atoms with Gasteiger partial charge in [-0.05, 0) is 38.2 Å². The van der Waals surface area contributed by atoms with E-state index >= 15 is 0 Å². The van der Waals surface area contributed by atoms with E-state index in [1.165, 1.54) is 12.0 Å². The fourth-order valence-electron chi connectivity index (χ4n) is 0.969. The van der Waals surface area contributed by atoms with Gasteiger partial charge in [0.1, 0.15) is 0 Å². The molecule has 1 N–H and O–H groups in total. The number of hydrogen-bond donors (Lipinski definition) is 1. The van der Waals surface area contributed by atoms with E-state index in [0.29, 0.717) is 5.92 Å². The van der Waals surface area contributed by atoms with Gasteiger partial charge in [-0.25, -0.2) is 0 Å². The summed E-state index contributed by atoms with van der Waals surface area (Å²) in [6, 6.07) is 0. The Kier molecular flexibility index (Phi) is 5.63. The van der Waals surface area contributed by atoms with Gasteiger partial charge in [0, 0.05) is 0 Å². The lowest BCUT2D eigenvalue weighted by molar-refractivity contribution is 0.461. The number of aliphatic hydroxyl groups excluding tert-OH is 1. The van der Waals surface area contributed by atoms with Crippen molar-refractivity contribution >= 4 is 0 Å². The normalized spacial score (nSPS) is 13.6. The van der Waals surface area contributed by atoms with Gasteiger partial charge in [0.05, 0.1) is 6.26 Å². The molecule has 0 aliphatic heterocycles. The predicted octanol–water partition coefficient (Wildman–Crippen LogP) is 3.44. The smallest absolute Gasteiger partial charge is 0.0754 e. The molecule has 11 heavy (non-hydrogen) atoms. The van der Waals surface area contributed by atoms with Crippen LogP contribution in [0.2, 0.25) is 0 Å². The van der Waals surface area contributed by atoms with Gasteiger partial charge in [-0.3, -0.25) is 0 Å². The van der Waals surface area contributed by atoms with Crippen molar-refractivity contribution in [2.75, 3.05) is 0 Å². The molecule has 64 valence electrons. The highest BCUT2D eigenvalue weighted by Gasteiger charge is 1.96. The van der Waals surface area contributed by atoms with Gasteiger partial charge in [-0.2, -0.15) is 0 Å². The standard InChI is InChI=1S/C10H18O/c1-9(2)5-4-6-10(3)7-8-11/h7-8,10-11H,1,4-6H2,2-3H3. The highest BCUT2D eigenvalue weighted by atomic mass is 16.2. The Bertz CT molecular complexity index is 136. The fourth-order valence-corrected chi connectivity index (χ4v) is 0.969. The van der Waals surface area contributed by atoms with E-state index in [0.717, 1.165) is 19.1 Å². The van der Waals surface area contributed by atoms with Crippen LogP contribution in [0.1, 0.15) is 33.1 Å². The predicted molar refractivity (Wildman–Crippen MR) is 49.6 cm³/mol. The van der Waals surface area contributed by atoms with Crippen molar-refractivity contribution in [3.05, 3.63) is 24.5 Å². The first-order chi connectivity index (χ1) is 5.16. The third kappa shape index (κ3) is 7.17. The molecule has 0 aromatic heterocycles. The van der Waals surface area contributed by atoms with E-state index in [2.05, 4.69) is 13.5 Å². The molecule has 0 aromatic rings. The van der Waals surface area contributed by atoms with Crippen LogP contribution in [-0.2, 0) is 0 Å². The van der Waals surface area contributed by atoms with Crippen molar-refractivity contribution in [3.8, 4) is 0 Å². The minimum Gasteiger partial charge on any atom is -0.516 e. The Morgan fingerprint density at radius 2 is 2.27 bits per heavy atom. The van der Waals surface area contributed by atoms with E-state index in [1.807, 2.05) is 13.0 Å². The zero-order chi connectivity index (χ0) is 8.69. The Hall–Kier alpha value is -0.720. The van der Waals surface area contributed by atoms with Crippen molar-refractivity contribution in [1.82, 2.24) is 0 Å². The average Bonchev–Trinajstić information content (AvgIpc) is 1.87. The molecule has 1 unspecified atom stereocenters. The summed E-state index contributed by atoms with van der Waals surface area (Å²) in [5.74, 6) is 0.486. The minimum absolute atomic E-state index is 0.486. The van der Waals surface area contributed by atoms with Crippen LogP contribution in [-0.4, -0.2) is 5.11 Å². The van der Waals surface area contributed by atoms with Crippen LogP contribution in [0.25, 0.3) is 0 Å². The quantitative estimate of drug-likeness (QED) is 0.475. The zero-order valence-corrected chi connectivity index (χ0v) is 7.51. The van der Waals surface area contributed by atoms with Crippen molar-refractivity contribution in [2.24, 2.45) is 5.92 Å². The first-order valence-corrected chi connectivity index (χ1v) is 4.12. The summed E-state index contributed by atoms with van der Waals surface area (Å²) in [7, 11) is 0. The van der Waals surface area contributed by atoms with Gasteiger partial charge in [0.25, 0.3) is 0 Å². The number of aliphatic hydroxyl groups is 1. The lowest BCUT2D eigenvalue weighted by Crippen LogP contribution is -1.89. The Labute approximate surface area is 69.4 Å². The number of allylic oxidation sites excluding steroid dienone is 2. The molecular formula is C10H18O. The van der Waals surface area contributed by atoms with Crippen molar-refractivity contribution in [1.29, 1.82) is 0 Å². The maximum absolute atomic E-state index is 8.45. The highest BCUT2D eigenvalue weighted by Crippen LogP contribution is 2.11. The van der Waals surface area contributed by atoms with E-state index in [-0.39, 0.29) is 0 Å². The van der Waals surface area contributed by atoms with Crippen LogP contribution in [0.15, 0.2) is 24.5 Å². The lowest BCUT2D eigenvalue weighted by Gasteiger charge is -2.04. The van der Waals surface area contributed by atoms with E-state index in [4.69, 9.17) is 5.11 Å². The molecule has 0 saturated carbocycles. The number of hydrogen-bond acceptors (Lipinski definition) is 1. The first kappa shape index (κ1) is 10.3. The second-order valence-electron chi connectivity index (χ2n) is 3.17. The SMILES string of the molecule is C=C(C)CCCC(C)C=CO. The third-order valence-electron chi connectivity index (χ3n) is 1.68. The van der Waals surface area contributed by atoms with Crippen LogP contribution in [0.3, 0.4) is 0 Å². The summed E-state index contributed by atoms with van der Waals surface area (Å²) in [5, 5.41) is 8.45. The minimum atomic E-state index is 0.486. The van der Waals surface area contributed by atoms with Gasteiger partial charge in [0.2, 0.25) is 0 Å². The topological polar surface area (TPSA) is 20.2 Å². The summed E-state index contributed by atoms with van der Waals surface area (Å²) in [6.45, 7) is 7.98. The molecular weight excluding hydrogens is 136 g/mol. The van der Waals surface area contributed by atoms with Crippen LogP contribution in [0.4, 0.5) is 0 Å².